The second-order valence-electron chi connectivity index (χ2n) is 6.58. The Kier molecular flexibility index (Phi) is 6.20. The Labute approximate surface area is 143 Å². The van der Waals surface area contributed by atoms with E-state index in [0.717, 1.165) is 39.0 Å². The fourth-order valence-corrected chi connectivity index (χ4v) is 3.46. The normalized spacial score (nSPS) is 25.7. The first-order chi connectivity index (χ1) is 11.8. The lowest BCUT2D eigenvalue weighted by Crippen LogP contribution is -2.45. The summed E-state index contributed by atoms with van der Waals surface area (Å²) in [6.45, 7) is 4.43. The molecule has 132 valence electrons. The summed E-state index contributed by atoms with van der Waals surface area (Å²) in [4.78, 5) is 14.2. The summed E-state index contributed by atoms with van der Waals surface area (Å²) >= 11 is 0. The van der Waals surface area contributed by atoms with E-state index in [1.165, 1.54) is 12.7 Å². The number of benzene rings is 1. The zero-order valence-corrected chi connectivity index (χ0v) is 14.2. The largest absolute Gasteiger partial charge is 0.468 e. The maximum Gasteiger partial charge on any atom is 0.324 e. The Morgan fingerprint density at radius 3 is 2.71 bits per heavy atom. The Morgan fingerprint density at radius 1 is 1.25 bits per heavy atom. The van der Waals surface area contributed by atoms with Crippen LogP contribution < -0.4 is 10.9 Å². The van der Waals surface area contributed by atoms with Gasteiger partial charge in [-0.25, -0.2) is 5.43 Å². The van der Waals surface area contributed by atoms with Crippen LogP contribution in [0.1, 0.15) is 18.4 Å². The van der Waals surface area contributed by atoms with Crippen LogP contribution in [0.2, 0.25) is 0 Å². The number of rotatable bonds is 6. The molecule has 1 aromatic rings. The number of carbonyl (C=O) groups excluding carboxylic acids is 1. The maximum absolute atomic E-state index is 11.8. The summed E-state index contributed by atoms with van der Waals surface area (Å²) in [5, 5.41) is 0. The maximum atomic E-state index is 11.8. The summed E-state index contributed by atoms with van der Waals surface area (Å²) in [5.41, 5.74) is 7.32. The van der Waals surface area contributed by atoms with Crippen molar-refractivity contribution < 1.29 is 14.3 Å². The lowest BCUT2D eigenvalue weighted by Gasteiger charge is -2.34. The molecule has 2 fully saturated rings. The van der Waals surface area contributed by atoms with Crippen molar-refractivity contribution in [3.63, 3.8) is 0 Å². The quantitative estimate of drug-likeness (QED) is 0.756. The molecule has 2 saturated heterocycles. The highest BCUT2D eigenvalue weighted by Gasteiger charge is 2.35. The van der Waals surface area contributed by atoms with Crippen LogP contribution in [-0.4, -0.2) is 56.3 Å². The van der Waals surface area contributed by atoms with Gasteiger partial charge in [0.1, 0.15) is 6.04 Å². The van der Waals surface area contributed by atoms with Gasteiger partial charge in [-0.2, -0.15) is 0 Å². The Bertz CT molecular complexity index is 518. The second kappa shape index (κ2) is 8.58. The predicted molar refractivity (Wildman–Crippen MR) is 91.1 cm³/mol. The van der Waals surface area contributed by atoms with Gasteiger partial charge in [-0.3, -0.25) is 10.2 Å². The van der Waals surface area contributed by atoms with Crippen LogP contribution in [0.15, 0.2) is 30.3 Å². The summed E-state index contributed by atoms with van der Waals surface area (Å²) in [5.74, 6) is 0.0605. The van der Waals surface area contributed by atoms with Gasteiger partial charge in [0.25, 0.3) is 0 Å². The first-order valence-electron chi connectivity index (χ1n) is 8.70. The summed E-state index contributed by atoms with van der Waals surface area (Å²) in [6.07, 6.45) is 2.42. The Hall–Kier alpha value is -1.47. The minimum atomic E-state index is -0.248. The number of likely N-dealkylation sites (tertiary alicyclic amines) is 1. The highest BCUT2D eigenvalue weighted by atomic mass is 16.5. The van der Waals surface area contributed by atoms with Gasteiger partial charge in [-0.15, -0.1) is 0 Å². The molecule has 0 radical (unpaired) electrons. The monoisotopic (exact) mass is 333 g/mol. The van der Waals surface area contributed by atoms with Gasteiger partial charge in [0.2, 0.25) is 0 Å². The molecule has 2 N–H and O–H groups in total. The number of hydrogen-bond acceptors (Lipinski definition) is 6. The number of nitrogens with one attached hydrogen (secondary N) is 2. The van der Waals surface area contributed by atoms with Gasteiger partial charge in [0.15, 0.2) is 0 Å². The van der Waals surface area contributed by atoms with Crippen molar-refractivity contribution in [2.75, 3.05) is 33.3 Å². The first kappa shape index (κ1) is 17.4. The standard InChI is InChI=1S/C18H27N3O3/c1-23-18(22)17-15(11-19-20-17)12-21-9-7-16(8-10-21)24-13-14-5-3-2-4-6-14/h2-6,15-17,19-20H,7-13H2,1H3. The number of ether oxygens (including phenoxy) is 2. The third kappa shape index (κ3) is 4.54. The first-order valence-corrected chi connectivity index (χ1v) is 8.70. The van der Waals surface area contributed by atoms with Crippen molar-refractivity contribution in [1.82, 2.24) is 15.8 Å². The molecule has 0 bridgehead atoms. The average Bonchev–Trinajstić information content (AvgIpc) is 3.09. The molecule has 1 aromatic carbocycles. The van der Waals surface area contributed by atoms with Crippen molar-refractivity contribution in [2.24, 2.45) is 5.92 Å². The van der Waals surface area contributed by atoms with E-state index in [4.69, 9.17) is 9.47 Å². The molecule has 0 aromatic heterocycles. The topological polar surface area (TPSA) is 62.8 Å². The summed E-state index contributed by atoms with van der Waals surface area (Å²) in [6, 6.07) is 10.1. The third-order valence-corrected chi connectivity index (χ3v) is 4.90. The van der Waals surface area contributed by atoms with Crippen molar-refractivity contribution in [3.05, 3.63) is 35.9 Å². The SMILES string of the molecule is COC(=O)C1NNCC1CN1CCC(OCc2ccccc2)CC1. The number of piperidine rings is 1. The molecular formula is C18H27N3O3. The average molecular weight is 333 g/mol. The van der Waals surface area contributed by atoms with E-state index in [9.17, 15) is 4.79 Å². The second-order valence-corrected chi connectivity index (χ2v) is 6.58. The van der Waals surface area contributed by atoms with Crippen LogP contribution >= 0.6 is 0 Å². The van der Waals surface area contributed by atoms with Gasteiger partial charge in [0, 0.05) is 32.1 Å². The van der Waals surface area contributed by atoms with E-state index in [1.54, 1.807) is 0 Å². The van der Waals surface area contributed by atoms with E-state index >= 15 is 0 Å². The van der Waals surface area contributed by atoms with E-state index in [0.29, 0.717) is 12.7 Å². The zero-order chi connectivity index (χ0) is 16.8. The Balaban J connectivity index is 1.40. The molecule has 2 unspecified atom stereocenters. The van der Waals surface area contributed by atoms with Gasteiger partial charge >= 0.3 is 5.97 Å². The molecule has 2 aliphatic rings. The third-order valence-electron chi connectivity index (χ3n) is 4.90. The minimum absolute atomic E-state index is 0.189. The van der Waals surface area contributed by atoms with Crippen LogP contribution in [0.5, 0.6) is 0 Å². The van der Waals surface area contributed by atoms with Crippen molar-refractivity contribution in [3.8, 4) is 0 Å². The minimum Gasteiger partial charge on any atom is -0.468 e. The summed E-state index contributed by atoms with van der Waals surface area (Å²) < 4.78 is 10.9. The number of esters is 1. The fraction of sp³-hybridized carbons (Fsp3) is 0.611. The van der Waals surface area contributed by atoms with Crippen LogP contribution in [0, 0.1) is 5.92 Å². The highest BCUT2D eigenvalue weighted by molar-refractivity contribution is 5.76. The molecule has 24 heavy (non-hydrogen) atoms. The molecule has 3 rings (SSSR count). The van der Waals surface area contributed by atoms with Crippen LogP contribution in [0.3, 0.4) is 0 Å². The van der Waals surface area contributed by atoms with Crippen LogP contribution in [-0.2, 0) is 20.9 Å². The van der Waals surface area contributed by atoms with E-state index < -0.39 is 0 Å². The van der Waals surface area contributed by atoms with Crippen molar-refractivity contribution in [1.29, 1.82) is 0 Å². The lowest BCUT2D eigenvalue weighted by atomic mass is 9.99. The zero-order valence-electron chi connectivity index (χ0n) is 14.2. The van der Waals surface area contributed by atoms with Gasteiger partial charge in [-0.05, 0) is 18.4 Å². The molecule has 0 spiro atoms. The smallest absolute Gasteiger partial charge is 0.324 e. The number of hydrogen-bond donors (Lipinski definition) is 2. The Morgan fingerprint density at radius 2 is 2.00 bits per heavy atom. The molecule has 2 heterocycles. The van der Waals surface area contributed by atoms with Gasteiger partial charge in [0.05, 0.1) is 19.8 Å². The molecule has 0 amide bonds. The molecule has 2 aliphatic heterocycles. The van der Waals surface area contributed by atoms with Gasteiger partial charge < -0.3 is 14.4 Å². The van der Waals surface area contributed by atoms with Gasteiger partial charge in [-0.1, -0.05) is 30.3 Å². The number of methoxy groups -OCH3 is 1. The van der Waals surface area contributed by atoms with Crippen molar-refractivity contribution >= 4 is 5.97 Å². The molecular weight excluding hydrogens is 306 g/mol. The molecule has 6 nitrogen and oxygen atoms in total. The predicted octanol–water partition coefficient (Wildman–Crippen LogP) is 0.933. The van der Waals surface area contributed by atoms with Crippen LogP contribution in [0.4, 0.5) is 0 Å². The molecule has 2 atom stereocenters. The molecule has 0 aliphatic carbocycles. The summed E-state index contributed by atoms with van der Waals surface area (Å²) in [7, 11) is 1.44. The van der Waals surface area contributed by atoms with Crippen LogP contribution in [0.25, 0.3) is 0 Å². The number of nitrogens with zero attached hydrogens (tertiary/aromatic N) is 1. The van der Waals surface area contributed by atoms with E-state index in [2.05, 4.69) is 27.9 Å². The molecule has 6 heteroatoms. The van der Waals surface area contributed by atoms with E-state index in [1.807, 2.05) is 18.2 Å². The highest BCUT2D eigenvalue weighted by Crippen LogP contribution is 2.19. The number of carbonyl (C=O) groups is 1. The van der Waals surface area contributed by atoms with Crippen molar-refractivity contribution in [2.45, 2.75) is 31.6 Å². The lowest BCUT2D eigenvalue weighted by molar-refractivity contribution is -0.144. The van der Waals surface area contributed by atoms with E-state index in [-0.39, 0.29) is 17.9 Å². The fourth-order valence-electron chi connectivity index (χ4n) is 3.46. The number of hydrazine groups is 1. The molecule has 0 saturated carbocycles.